The lowest BCUT2D eigenvalue weighted by Crippen LogP contribution is -2.54. The minimum Gasteiger partial charge on any atom is -0.299 e. The van der Waals surface area contributed by atoms with Gasteiger partial charge in [-0.2, -0.15) is 0 Å². The molecule has 0 heterocycles. The van der Waals surface area contributed by atoms with E-state index in [0.717, 1.165) is 61.7 Å². The Labute approximate surface area is 179 Å². The number of fused-ring (bicyclic) bond motifs is 5. The van der Waals surface area contributed by atoms with E-state index >= 15 is 0 Å². The molecule has 29 heavy (non-hydrogen) atoms. The van der Waals surface area contributed by atoms with E-state index in [9.17, 15) is 9.18 Å². The first-order valence-electron chi connectivity index (χ1n) is 12.8. The number of carbonyl (C=O) groups excluding carboxylic acids is 1. The van der Waals surface area contributed by atoms with Crippen molar-refractivity contribution in [2.24, 2.45) is 52.3 Å². The average molecular weight is 405 g/mol. The number of Topliss-reactive ketones (excluding diaryl/α,β-unsaturated/α-hetero) is 1. The van der Waals surface area contributed by atoms with Crippen LogP contribution in [0.2, 0.25) is 0 Å². The van der Waals surface area contributed by atoms with Crippen LogP contribution in [-0.2, 0) is 4.79 Å². The highest BCUT2D eigenvalue weighted by Crippen LogP contribution is 2.68. The van der Waals surface area contributed by atoms with Crippen molar-refractivity contribution in [1.82, 2.24) is 0 Å². The first-order valence-corrected chi connectivity index (χ1v) is 12.8. The van der Waals surface area contributed by atoms with Gasteiger partial charge in [0.2, 0.25) is 0 Å². The average Bonchev–Trinajstić information content (AvgIpc) is 3.02. The van der Waals surface area contributed by atoms with Gasteiger partial charge in [0, 0.05) is 12.3 Å². The fourth-order valence-electron chi connectivity index (χ4n) is 9.12. The maximum absolute atomic E-state index is 14.4. The number of hydrogen-bond acceptors (Lipinski definition) is 1. The van der Waals surface area contributed by atoms with Crippen molar-refractivity contribution >= 4 is 5.78 Å². The molecule has 2 heteroatoms. The van der Waals surface area contributed by atoms with Gasteiger partial charge in [-0.3, -0.25) is 4.79 Å². The topological polar surface area (TPSA) is 17.1 Å². The van der Waals surface area contributed by atoms with Crippen molar-refractivity contribution < 1.29 is 9.18 Å². The molecule has 4 aliphatic carbocycles. The van der Waals surface area contributed by atoms with Gasteiger partial charge in [-0.25, -0.2) is 4.39 Å². The van der Waals surface area contributed by atoms with E-state index in [2.05, 4.69) is 20.8 Å². The van der Waals surface area contributed by atoms with Gasteiger partial charge in [0.15, 0.2) is 0 Å². The van der Waals surface area contributed by atoms with Crippen molar-refractivity contribution in [3.63, 3.8) is 0 Å². The van der Waals surface area contributed by atoms with E-state index < -0.39 is 6.17 Å². The van der Waals surface area contributed by atoms with E-state index in [1.54, 1.807) is 0 Å². The molecule has 166 valence electrons. The molecule has 0 N–H and O–H groups in total. The van der Waals surface area contributed by atoms with Crippen molar-refractivity contribution in [2.45, 2.75) is 111 Å². The highest BCUT2D eigenvalue weighted by atomic mass is 19.1. The summed E-state index contributed by atoms with van der Waals surface area (Å²) >= 11 is 0. The number of rotatable bonds is 5. The van der Waals surface area contributed by atoms with E-state index in [4.69, 9.17) is 0 Å². The standard InChI is InChI=1S/C27H45FO/c1-17(2)25(29)13-6-18(3)22-11-12-23-21-10-8-19-7-9-20(28)16-27(19,5)24(21)14-15-26(22,23)4/h17-24H,6-16H2,1-5H3/t18-,19?,20+,21+,22-,23+,24+,26-,27+/m1/s1. The molecule has 0 saturated heterocycles. The molecule has 0 aromatic heterocycles. The Kier molecular flexibility index (Phi) is 5.97. The van der Waals surface area contributed by atoms with Crippen LogP contribution in [0.5, 0.6) is 0 Å². The van der Waals surface area contributed by atoms with Crippen molar-refractivity contribution in [3.05, 3.63) is 0 Å². The second-order valence-corrected chi connectivity index (χ2v) is 12.4. The molecule has 4 rings (SSSR count). The molecule has 0 aromatic carbocycles. The molecule has 0 radical (unpaired) electrons. The third-order valence-electron chi connectivity index (χ3n) is 10.8. The lowest BCUT2D eigenvalue weighted by atomic mass is 9.44. The molecule has 9 atom stereocenters. The fourth-order valence-corrected chi connectivity index (χ4v) is 9.12. The minimum atomic E-state index is -0.557. The Bertz CT molecular complexity index is 614. The summed E-state index contributed by atoms with van der Waals surface area (Å²) in [4.78, 5) is 12.2. The molecule has 0 aromatic rings. The monoisotopic (exact) mass is 404 g/mol. The summed E-state index contributed by atoms with van der Waals surface area (Å²) < 4.78 is 14.4. The van der Waals surface area contributed by atoms with Gasteiger partial charge in [0.05, 0.1) is 0 Å². The van der Waals surface area contributed by atoms with Crippen LogP contribution in [-0.4, -0.2) is 12.0 Å². The summed E-state index contributed by atoms with van der Waals surface area (Å²) in [5.41, 5.74) is 0.712. The number of halogens is 1. The minimum absolute atomic E-state index is 0.176. The molecule has 0 spiro atoms. The van der Waals surface area contributed by atoms with E-state index in [0.29, 0.717) is 17.1 Å². The molecule has 0 bridgehead atoms. The van der Waals surface area contributed by atoms with E-state index in [1.807, 2.05) is 13.8 Å². The third-order valence-corrected chi connectivity index (χ3v) is 10.8. The fraction of sp³-hybridized carbons (Fsp3) is 0.963. The number of carbonyl (C=O) groups is 1. The smallest absolute Gasteiger partial charge is 0.135 e. The van der Waals surface area contributed by atoms with Crippen LogP contribution in [0.3, 0.4) is 0 Å². The van der Waals surface area contributed by atoms with Crippen LogP contribution >= 0.6 is 0 Å². The SMILES string of the molecule is CC(C)C(=O)CC[C@@H](C)[C@H]1CC[C@H]2[C@@H]3CCC4CC[C@H](F)C[C@]4(C)[C@H]3CC[C@]12C. The summed E-state index contributed by atoms with van der Waals surface area (Å²) in [7, 11) is 0. The van der Waals surface area contributed by atoms with E-state index in [1.165, 1.54) is 38.5 Å². The number of ketones is 1. The Hall–Kier alpha value is -0.400. The number of alkyl halides is 1. The molecular weight excluding hydrogens is 359 g/mol. The van der Waals surface area contributed by atoms with Crippen molar-refractivity contribution in [2.75, 3.05) is 0 Å². The highest BCUT2D eigenvalue weighted by Gasteiger charge is 2.60. The van der Waals surface area contributed by atoms with Gasteiger partial charge >= 0.3 is 0 Å². The van der Waals surface area contributed by atoms with Gasteiger partial charge in [-0.1, -0.05) is 34.6 Å². The zero-order valence-corrected chi connectivity index (χ0v) is 19.7. The zero-order chi connectivity index (χ0) is 21.0. The lowest BCUT2D eigenvalue weighted by Gasteiger charge is -2.61. The van der Waals surface area contributed by atoms with Gasteiger partial charge in [0.25, 0.3) is 0 Å². The van der Waals surface area contributed by atoms with Crippen LogP contribution < -0.4 is 0 Å². The van der Waals surface area contributed by atoms with Gasteiger partial charge in [0.1, 0.15) is 12.0 Å². The summed E-state index contributed by atoms with van der Waals surface area (Å²) in [6, 6.07) is 0. The van der Waals surface area contributed by atoms with E-state index in [-0.39, 0.29) is 11.3 Å². The van der Waals surface area contributed by atoms with Crippen LogP contribution in [0.15, 0.2) is 0 Å². The van der Waals surface area contributed by atoms with Crippen LogP contribution in [0, 0.1) is 52.3 Å². The Morgan fingerprint density at radius 1 is 0.931 bits per heavy atom. The highest BCUT2D eigenvalue weighted by molar-refractivity contribution is 5.80. The predicted octanol–water partition coefficient (Wildman–Crippen LogP) is 7.62. The lowest BCUT2D eigenvalue weighted by molar-refractivity contribution is -0.126. The van der Waals surface area contributed by atoms with Crippen LogP contribution in [0.25, 0.3) is 0 Å². The maximum Gasteiger partial charge on any atom is 0.135 e. The largest absolute Gasteiger partial charge is 0.299 e. The summed E-state index contributed by atoms with van der Waals surface area (Å²) in [6.07, 6.45) is 12.2. The van der Waals surface area contributed by atoms with Gasteiger partial charge in [-0.05, 0) is 111 Å². The van der Waals surface area contributed by atoms with Crippen LogP contribution in [0.1, 0.15) is 105 Å². The first-order chi connectivity index (χ1) is 13.7. The predicted molar refractivity (Wildman–Crippen MR) is 118 cm³/mol. The summed E-state index contributed by atoms with van der Waals surface area (Å²) in [5.74, 6) is 5.25. The Morgan fingerprint density at radius 3 is 2.34 bits per heavy atom. The first kappa shape index (κ1) is 21.8. The maximum atomic E-state index is 14.4. The normalized spacial score (nSPS) is 48.0. The molecule has 0 aliphatic heterocycles. The molecule has 4 aliphatic rings. The second kappa shape index (κ2) is 7.94. The second-order valence-electron chi connectivity index (χ2n) is 12.4. The zero-order valence-electron chi connectivity index (χ0n) is 19.7. The molecular formula is C27H45FO. The molecule has 4 saturated carbocycles. The molecule has 4 fully saturated rings. The number of hydrogen-bond donors (Lipinski definition) is 0. The van der Waals surface area contributed by atoms with Gasteiger partial charge in [-0.15, -0.1) is 0 Å². The molecule has 1 unspecified atom stereocenters. The molecule has 1 nitrogen and oxygen atoms in total. The molecule has 0 amide bonds. The summed E-state index contributed by atoms with van der Waals surface area (Å²) in [6.45, 7) is 11.6. The van der Waals surface area contributed by atoms with Gasteiger partial charge < -0.3 is 0 Å². The Morgan fingerprint density at radius 2 is 1.62 bits per heavy atom. The Balaban J connectivity index is 1.47. The van der Waals surface area contributed by atoms with Crippen molar-refractivity contribution in [1.29, 1.82) is 0 Å². The van der Waals surface area contributed by atoms with Crippen molar-refractivity contribution in [3.8, 4) is 0 Å². The third kappa shape index (κ3) is 3.63. The van der Waals surface area contributed by atoms with Crippen LogP contribution in [0.4, 0.5) is 4.39 Å². The summed E-state index contributed by atoms with van der Waals surface area (Å²) in [5, 5.41) is 0. The quantitative estimate of drug-likeness (QED) is 0.460.